The molecule has 0 bridgehead atoms. The Bertz CT molecular complexity index is 474. The van der Waals surface area contributed by atoms with Crippen LogP contribution in [0.5, 0.6) is 0 Å². The van der Waals surface area contributed by atoms with E-state index >= 15 is 0 Å². The molecular formula is C15H23FN4O. The van der Waals surface area contributed by atoms with E-state index in [1.807, 2.05) is 17.9 Å². The van der Waals surface area contributed by atoms with Crippen molar-refractivity contribution < 1.29 is 9.18 Å². The highest BCUT2D eigenvalue weighted by atomic mass is 19.1. The number of primary amides is 1. The summed E-state index contributed by atoms with van der Waals surface area (Å²) in [4.78, 5) is 15.6. The molecule has 1 heterocycles. The van der Waals surface area contributed by atoms with Crippen LogP contribution in [0.2, 0.25) is 0 Å². The summed E-state index contributed by atoms with van der Waals surface area (Å²) >= 11 is 0. The zero-order chi connectivity index (χ0) is 15.2. The molecule has 2 rings (SSSR count). The van der Waals surface area contributed by atoms with Crippen LogP contribution in [0.1, 0.15) is 6.92 Å². The quantitative estimate of drug-likeness (QED) is 0.798. The summed E-state index contributed by atoms with van der Waals surface area (Å²) in [6.07, 6.45) is 0. The number of hydrogen-bond acceptors (Lipinski definition) is 4. The van der Waals surface area contributed by atoms with Crippen molar-refractivity contribution in [2.45, 2.75) is 13.0 Å². The maximum Gasteiger partial charge on any atom is 0.235 e. The molecule has 5 nitrogen and oxygen atoms in total. The first-order valence-corrected chi connectivity index (χ1v) is 7.36. The fourth-order valence-corrected chi connectivity index (χ4v) is 2.64. The highest BCUT2D eigenvalue weighted by Gasteiger charge is 2.23. The first kappa shape index (κ1) is 15.7. The molecule has 1 aliphatic heterocycles. The third kappa shape index (κ3) is 4.15. The molecule has 1 amide bonds. The number of carbonyl (C=O) groups is 1. The predicted octanol–water partition coefficient (Wildman–Crippen LogP) is 0.411. The zero-order valence-electron chi connectivity index (χ0n) is 12.4. The number of nitrogens with one attached hydrogen (secondary N) is 1. The van der Waals surface area contributed by atoms with Crippen molar-refractivity contribution in [2.75, 3.05) is 44.2 Å². The third-order valence-electron chi connectivity index (χ3n) is 3.80. The van der Waals surface area contributed by atoms with Gasteiger partial charge >= 0.3 is 0 Å². The zero-order valence-corrected chi connectivity index (χ0v) is 12.4. The van der Waals surface area contributed by atoms with Gasteiger partial charge in [-0.3, -0.25) is 9.69 Å². The van der Waals surface area contributed by atoms with Crippen LogP contribution in [0.25, 0.3) is 0 Å². The molecule has 0 aliphatic carbocycles. The predicted molar refractivity (Wildman–Crippen MR) is 81.7 cm³/mol. The Labute approximate surface area is 124 Å². The van der Waals surface area contributed by atoms with Gasteiger partial charge in [-0.05, 0) is 18.7 Å². The van der Waals surface area contributed by atoms with Gasteiger partial charge in [-0.25, -0.2) is 4.39 Å². The van der Waals surface area contributed by atoms with Crippen LogP contribution >= 0.6 is 0 Å². The normalized spacial score (nSPS) is 17.7. The number of nitrogens with zero attached hydrogens (tertiary/aromatic N) is 2. The molecule has 21 heavy (non-hydrogen) atoms. The van der Waals surface area contributed by atoms with Crippen molar-refractivity contribution >= 4 is 11.6 Å². The van der Waals surface area contributed by atoms with Crippen LogP contribution in [0, 0.1) is 5.82 Å². The van der Waals surface area contributed by atoms with Crippen molar-refractivity contribution in [3.63, 3.8) is 0 Å². The van der Waals surface area contributed by atoms with Gasteiger partial charge in [-0.2, -0.15) is 0 Å². The van der Waals surface area contributed by atoms with Gasteiger partial charge in [0.1, 0.15) is 5.82 Å². The van der Waals surface area contributed by atoms with Gasteiger partial charge < -0.3 is 16.0 Å². The Kier molecular flexibility index (Phi) is 5.52. The lowest BCUT2D eigenvalue weighted by Gasteiger charge is -2.37. The molecule has 3 N–H and O–H groups in total. The topological polar surface area (TPSA) is 61.6 Å². The molecule has 1 fully saturated rings. The summed E-state index contributed by atoms with van der Waals surface area (Å²) in [6, 6.07) is 6.50. The summed E-state index contributed by atoms with van der Waals surface area (Å²) in [5, 5.41) is 3.09. The van der Waals surface area contributed by atoms with Crippen molar-refractivity contribution in [1.29, 1.82) is 0 Å². The van der Waals surface area contributed by atoms with Gasteiger partial charge in [0.25, 0.3) is 0 Å². The summed E-state index contributed by atoms with van der Waals surface area (Å²) in [5.41, 5.74) is 6.04. The molecule has 116 valence electrons. The molecule has 1 atom stereocenters. The summed E-state index contributed by atoms with van der Waals surface area (Å²) < 4.78 is 13.8. The number of hydrogen-bond donors (Lipinski definition) is 2. The van der Waals surface area contributed by atoms with E-state index in [2.05, 4.69) is 10.2 Å². The van der Waals surface area contributed by atoms with E-state index in [0.29, 0.717) is 18.8 Å². The molecule has 1 aromatic carbocycles. The number of amides is 1. The lowest BCUT2D eigenvalue weighted by molar-refractivity contribution is -0.120. The number of piperazine rings is 1. The van der Waals surface area contributed by atoms with Crippen LogP contribution in [0.4, 0.5) is 10.1 Å². The van der Waals surface area contributed by atoms with Gasteiger partial charge in [-0.1, -0.05) is 19.1 Å². The van der Waals surface area contributed by atoms with E-state index in [4.69, 9.17) is 5.73 Å². The number of nitrogens with two attached hydrogens (primary N) is 1. The van der Waals surface area contributed by atoms with Crippen molar-refractivity contribution in [3.05, 3.63) is 30.1 Å². The van der Waals surface area contributed by atoms with E-state index in [0.717, 1.165) is 26.2 Å². The average Bonchev–Trinajstić information content (AvgIpc) is 2.48. The molecule has 0 aromatic heterocycles. The second kappa shape index (κ2) is 7.38. The average molecular weight is 294 g/mol. The molecule has 1 saturated heterocycles. The number of para-hydroxylation sites is 1. The Morgan fingerprint density at radius 2 is 2.00 bits per heavy atom. The minimum Gasteiger partial charge on any atom is -0.368 e. The van der Waals surface area contributed by atoms with Crippen molar-refractivity contribution in [1.82, 2.24) is 10.2 Å². The van der Waals surface area contributed by atoms with E-state index in [9.17, 15) is 9.18 Å². The first-order valence-electron chi connectivity index (χ1n) is 7.36. The summed E-state index contributed by atoms with van der Waals surface area (Å²) in [5.74, 6) is -0.512. The largest absolute Gasteiger partial charge is 0.368 e. The third-order valence-corrected chi connectivity index (χ3v) is 3.80. The van der Waals surface area contributed by atoms with E-state index in [1.165, 1.54) is 6.07 Å². The molecule has 0 spiro atoms. The van der Waals surface area contributed by atoms with Crippen LogP contribution in [0.3, 0.4) is 0 Å². The number of likely N-dealkylation sites (N-methyl/N-ethyl adjacent to an activating group) is 1. The highest BCUT2D eigenvalue weighted by molar-refractivity contribution is 5.80. The van der Waals surface area contributed by atoms with E-state index in [1.54, 1.807) is 12.1 Å². The van der Waals surface area contributed by atoms with E-state index in [-0.39, 0.29) is 17.8 Å². The lowest BCUT2D eigenvalue weighted by atomic mass is 10.2. The second-order valence-electron chi connectivity index (χ2n) is 5.25. The monoisotopic (exact) mass is 294 g/mol. The molecular weight excluding hydrogens is 271 g/mol. The number of halogens is 1. The Morgan fingerprint density at radius 1 is 1.33 bits per heavy atom. The van der Waals surface area contributed by atoms with Crippen molar-refractivity contribution in [3.8, 4) is 0 Å². The van der Waals surface area contributed by atoms with Crippen LogP contribution in [-0.4, -0.2) is 56.1 Å². The van der Waals surface area contributed by atoms with Gasteiger partial charge in [0.15, 0.2) is 0 Å². The van der Waals surface area contributed by atoms with Gasteiger partial charge in [0, 0.05) is 32.7 Å². The molecule has 1 unspecified atom stereocenters. The molecule has 0 radical (unpaired) electrons. The number of anilines is 1. The first-order chi connectivity index (χ1) is 10.1. The smallest absolute Gasteiger partial charge is 0.235 e. The summed E-state index contributed by atoms with van der Waals surface area (Å²) in [6.45, 7) is 6.35. The lowest BCUT2D eigenvalue weighted by Crippen LogP contribution is -2.54. The van der Waals surface area contributed by atoms with Crippen LogP contribution in [-0.2, 0) is 4.79 Å². The molecule has 6 heteroatoms. The van der Waals surface area contributed by atoms with Gasteiger partial charge in [-0.15, -0.1) is 0 Å². The second-order valence-corrected chi connectivity index (χ2v) is 5.25. The molecule has 0 saturated carbocycles. The molecule has 1 aromatic rings. The Morgan fingerprint density at radius 3 is 2.57 bits per heavy atom. The van der Waals surface area contributed by atoms with Crippen LogP contribution in [0.15, 0.2) is 24.3 Å². The summed E-state index contributed by atoms with van der Waals surface area (Å²) in [7, 11) is 0. The standard InChI is InChI=1S/C15H23FN4O/c1-2-18-13(15(17)21)11-19-7-9-20(10-8-19)14-6-4-3-5-12(14)16/h3-6,13,18H,2,7-11H2,1H3,(H2,17,21). The molecule has 1 aliphatic rings. The maximum atomic E-state index is 13.8. The van der Waals surface area contributed by atoms with Crippen LogP contribution < -0.4 is 16.0 Å². The fraction of sp³-hybridized carbons (Fsp3) is 0.533. The Hall–Kier alpha value is -1.66. The highest BCUT2D eigenvalue weighted by Crippen LogP contribution is 2.20. The maximum absolute atomic E-state index is 13.8. The number of benzene rings is 1. The van der Waals surface area contributed by atoms with Gasteiger partial charge in [0.2, 0.25) is 5.91 Å². The number of rotatable bonds is 6. The Balaban J connectivity index is 1.88. The SMILES string of the molecule is CCNC(CN1CCN(c2ccccc2F)CC1)C(N)=O. The fourth-order valence-electron chi connectivity index (χ4n) is 2.64. The minimum absolute atomic E-state index is 0.186. The minimum atomic E-state index is -0.326. The number of carbonyl (C=O) groups excluding carboxylic acids is 1. The van der Waals surface area contributed by atoms with Crippen molar-refractivity contribution in [2.24, 2.45) is 5.73 Å². The van der Waals surface area contributed by atoms with E-state index < -0.39 is 0 Å². The van der Waals surface area contributed by atoms with Gasteiger partial charge in [0.05, 0.1) is 11.7 Å².